The molecule has 170 valence electrons. The number of halogens is 1. The number of hydrazone groups is 1. The highest BCUT2D eigenvalue weighted by molar-refractivity contribution is 5.89. The Morgan fingerprint density at radius 3 is 2.47 bits per heavy atom. The van der Waals surface area contributed by atoms with Crippen molar-refractivity contribution in [3.8, 4) is 22.7 Å². The Morgan fingerprint density at radius 2 is 1.79 bits per heavy atom. The summed E-state index contributed by atoms with van der Waals surface area (Å²) in [6, 6.07) is 20.7. The second-order valence-corrected chi connectivity index (χ2v) is 7.05. The molecule has 3 aromatic carbocycles. The fraction of sp³-hybridized carbons (Fsp3) is 0.0417. The molecule has 0 bridgehead atoms. The van der Waals surface area contributed by atoms with Gasteiger partial charge in [0.2, 0.25) is 0 Å². The highest BCUT2D eigenvalue weighted by Crippen LogP contribution is 2.23. The summed E-state index contributed by atoms with van der Waals surface area (Å²) in [5.74, 6) is -0.567. The lowest BCUT2D eigenvalue weighted by molar-refractivity contribution is -0.384. The van der Waals surface area contributed by atoms with Crippen LogP contribution >= 0.6 is 0 Å². The third kappa shape index (κ3) is 5.49. The van der Waals surface area contributed by atoms with Gasteiger partial charge >= 0.3 is 0 Å². The zero-order chi connectivity index (χ0) is 23.9. The SMILES string of the molecule is O=C(COc1ccc([N+](=O)[O-])cc1)N/N=C\c1cn(-c2ccccc2)nc1-c1ccc(F)cc1. The van der Waals surface area contributed by atoms with Crippen molar-refractivity contribution in [2.75, 3.05) is 6.61 Å². The van der Waals surface area contributed by atoms with Crippen LogP contribution in [0, 0.1) is 15.9 Å². The van der Waals surface area contributed by atoms with E-state index in [1.807, 2.05) is 30.3 Å². The largest absolute Gasteiger partial charge is 0.484 e. The molecular formula is C24H18FN5O4. The predicted octanol–water partition coefficient (Wildman–Crippen LogP) is 4.12. The van der Waals surface area contributed by atoms with Crippen LogP contribution in [0.5, 0.6) is 5.75 Å². The van der Waals surface area contributed by atoms with E-state index in [0.717, 1.165) is 5.69 Å². The van der Waals surface area contributed by atoms with Gasteiger partial charge in [-0.15, -0.1) is 0 Å². The fourth-order valence-electron chi connectivity index (χ4n) is 3.05. The Kier molecular flexibility index (Phi) is 6.68. The van der Waals surface area contributed by atoms with Crippen molar-refractivity contribution in [3.63, 3.8) is 0 Å². The number of hydrogen-bond acceptors (Lipinski definition) is 6. The number of amides is 1. The van der Waals surface area contributed by atoms with Crippen molar-refractivity contribution in [1.29, 1.82) is 0 Å². The molecule has 0 aliphatic carbocycles. The van der Waals surface area contributed by atoms with Gasteiger partial charge in [-0.05, 0) is 48.5 Å². The number of aromatic nitrogens is 2. The van der Waals surface area contributed by atoms with Crippen LogP contribution in [-0.2, 0) is 4.79 Å². The van der Waals surface area contributed by atoms with E-state index in [0.29, 0.717) is 22.6 Å². The van der Waals surface area contributed by atoms with Gasteiger partial charge in [-0.3, -0.25) is 14.9 Å². The van der Waals surface area contributed by atoms with Gasteiger partial charge in [-0.25, -0.2) is 14.5 Å². The fourth-order valence-corrected chi connectivity index (χ4v) is 3.05. The minimum Gasteiger partial charge on any atom is -0.484 e. The average Bonchev–Trinajstić information content (AvgIpc) is 3.28. The highest BCUT2D eigenvalue weighted by atomic mass is 19.1. The first-order valence-electron chi connectivity index (χ1n) is 10.1. The molecule has 4 aromatic rings. The van der Waals surface area contributed by atoms with Gasteiger partial charge in [0.1, 0.15) is 17.3 Å². The molecule has 0 aliphatic rings. The Labute approximate surface area is 193 Å². The standard InChI is InChI=1S/C24H18FN5O4/c25-19-8-6-17(7-9-19)24-18(15-29(28-24)20-4-2-1-3-5-20)14-26-27-23(31)16-34-22-12-10-21(11-13-22)30(32)33/h1-15H,16H2,(H,27,31)/b26-14-. The molecule has 34 heavy (non-hydrogen) atoms. The molecule has 0 fully saturated rings. The average molecular weight is 459 g/mol. The molecule has 9 nitrogen and oxygen atoms in total. The van der Waals surface area contributed by atoms with Gasteiger partial charge < -0.3 is 4.74 Å². The first-order valence-corrected chi connectivity index (χ1v) is 10.1. The molecule has 0 saturated heterocycles. The number of nitro benzene ring substituents is 1. The Morgan fingerprint density at radius 1 is 1.09 bits per heavy atom. The van der Waals surface area contributed by atoms with Crippen LogP contribution in [0.25, 0.3) is 16.9 Å². The molecule has 0 saturated carbocycles. The molecule has 0 spiro atoms. The van der Waals surface area contributed by atoms with Crippen molar-refractivity contribution in [3.05, 3.63) is 107 Å². The Bertz CT molecular complexity index is 1320. The van der Waals surface area contributed by atoms with Crippen molar-refractivity contribution in [2.24, 2.45) is 5.10 Å². The van der Waals surface area contributed by atoms with Gasteiger partial charge in [0.25, 0.3) is 11.6 Å². The molecule has 1 N–H and O–H groups in total. The third-order valence-corrected chi connectivity index (χ3v) is 4.69. The second kappa shape index (κ2) is 10.2. The van der Waals surface area contributed by atoms with Crippen LogP contribution in [0.2, 0.25) is 0 Å². The summed E-state index contributed by atoms with van der Waals surface area (Å²) >= 11 is 0. The minimum atomic E-state index is -0.522. The Balaban J connectivity index is 1.45. The van der Waals surface area contributed by atoms with Crippen LogP contribution in [0.3, 0.4) is 0 Å². The molecule has 1 amide bonds. The number of non-ortho nitro benzene ring substituents is 1. The van der Waals surface area contributed by atoms with Gasteiger partial charge in [0, 0.05) is 29.5 Å². The molecule has 0 atom stereocenters. The molecule has 1 aromatic heterocycles. The molecule has 1 heterocycles. The van der Waals surface area contributed by atoms with Crippen LogP contribution in [0.1, 0.15) is 5.56 Å². The van der Waals surface area contributed by atoms with E-state index in [1.54, 1.807) is 23.0 Å². The van der Waals surface area contributed by atoms with Crippen LogP contribution < -0.4 is 10.2 Å². The number of nitro groups is 1. The lowest BCUT2D eigenvalue weighted by Gasteiger charge is -2.04. The van der Waals surface area contributed by atoms with E-state index < -0.39 is 10.8 Å². The summed E-state index contributed by atoms with van der Waals surface area (Å²) in [5, 5.41) is 19.3. The Hall–Kier alpha value is -4.86. The van der Waals surface area contributed by atoms with Crippen molar-refractivity contribution in [2.45, 2.75) is 0 Å². The number of carbonyl (C=O) groups is 1. The summed E-state index contributed by atoms with van der Waals surface area (Å²) in [5.41, 5.74) is 4.97. The molecule has 0 aliphatic heterocycles. The maximum atomic E-state index is 13.4. The third-order valence-electron chi connectivity index (χ3n) is 4.69. The van der Waals surface area contributed by atoms with Crippen LogP contribution in [0.4, 0.5) is 10.1 Å². The number of nitrogens with zero attached hydrogens (tertiary/aromatic N) is 4. The molecule has 10 heteroatoms. The van der Waals surface area contributed by atoms with Gasteiger partial charge in [0.05, 0.1) is 16.8 Å². The van der Waals surface area contributed by atoms with Crippen molar-refractivity contribution < 1.29 is 18.8 Å². The minimum absolute atomic E-state index is 0.0746. The number of nitrogens with one attached hydrogen (secondary N) is 1. The number of carbonyl (C=O) groups excluding carboxylic acids is 1. The molecule has 0 unspecified atom stereocenters. The van der Waals surface area contributed by atoms with E-state index in [4.69, 9.17) is 4.74 Å². The van der Waals surface area contributed by atoms with E-state index in [-0.39, 0.29) is 18.1 Å². The smallest absolute Gasteiger partial charge is 0.277 e. The normalized spacial score (nSPS) is 10.9. The molecular weight excluding hydrogens is 441 g/mol. The summed E-state index contributed by atoms with van der Waals surface area (Å²) in [6.07, 6.45) is 3.19. The van der Waals surface area contributed by atoms with Crippen molar-refractivity contribution in [1.82, 2.24) is 15.2 Å². The zero-order valence-corrected chi connectivity index (χ0v) is 17.7. The lowest BCUT2D eigenvalue weighted by Crippen LogP contribution is -2.24. The molecule has 0 radical (unpaired) electrons. The maximum Gasteiger partial charge on any atom is 0.277 e. The van der Waals surface area contributed by atoms with Crippen molar-refractivity contribution >= 4 is 17.8 Å². The van der Waals surface area contributed by atoms with Gasteiger partial charge in [-0.1, -0.05) is 18.2 Å². The summed E-state index contributed by atoms with van der Waals surface area (Å²) in [6.45, 7) is -0.330. The summed E-state index contributed by atoms with van der Waals surface area (Å²) < 4.78 is 20.4. The number of benzene rings is 3. The van der Waals surface area contributed by atoms with E-state index in [1.165, 1.54) is 42.6 Å². The lowest BCUT2D eigenvalue weighted by atomic mass is 10.1. The van der Waals surface area contributed by atoms with E-state index in [9.17, 15) is 19.3 Å². The maximum absolute atomic E-state index is 13.4. The van der Waals surface area contributed by atoms with Gasteiger partial charge in [-0.2, -0.15) is 10.2 Å². The van der Waals surface area contributed by atoms with E-state index in [2.05, 4.69) is 15.6 Å². The highest BCUT2D eigenvalue weighted by Gasteiger charge is 2.12. The quantitative estimate of drug-likeness (QED) is 0.242. The number of rotatable bonds is 8. The zero-order valence-electron chi connectivity index (χ0n) is 17.7. The number of hydrogen-bond donors (Lipinski definition) is 1. The second-order valence-electron chi connectivity index (χ2n) is 7.05. The number of ether oxygens (including phenoxy) is 1. The van der Waals surface area contributed by atoms with E-state index >= 15 is 0 Å². The van der Waals surface area contributed by atoms with Crippen LogP contribution in [0.15, 0.2) is 90.2 Å². The first-order chi connectivity index (χ1) is 16.5. The number of para-hydroxylation sites is 1. The summed E-state index contributed by atoms with van der Waals surface area (Å²) in [7, 11) is 0. The van der Waals surface area contributed by atoms with Gasteiger partial charge in [0.15, 0.2) is 6.61 Å². The predicted molar refractivity (Wildman–Crippen MR) is 123 cm³/mol. The van der Waals surface area contributed by atoms with Crippen LogP contribution in [-0.4, -0.2) is 33.4 Å². The first kappa shape index (κ1) is 22.3. The molecule has 4 rings (SSSR count). The summed E-state index contributed by atoms with van der Waals surface area (Å²) in [4.78, 5) is 22.2. The monoisotopic (exact) mass is 459 g/mol. The topological polar surface area (TPSA) is 112 Å².